The highest BCUT2D eigenvalue weighted by molar-refractivity contribution is 6.30. The van der Waals surface area contributed by atoms with Crippen molar-refractivity contribution < 1.29 is 0 Å². The van der Waals surface area contributed by atoms with Crippen LogP contribution in [0.15, 0.2) is 54.7 Å². The maximum absolute atomic E-state index is 6.07. The van der Waals surface area contributed by atoms with Crippen molar-refractivity contribution in [2.75, 3.05) is 18.1 Å². The summed E-state index contributed by atoms with van der Waals surface area (Å²) in [5, 5.41) is 16.6. The summed E-state index contributed by atoms with van der Waals surface area (Å²) in [6.07, 6.45) is 1.76. The molecule has 1 aromatic carbocycles. The summed E-state index contributed by atoms with van der Waals surface area (Å²) in [5.41, 5.74) is 8.39. The number of hydrogen-bond donors (Lipinski definition) is 2. The van der Waals surface area contributed by atoms with Crippen LogP contribution in [0.3, 0.4) is 0 Å². The van der Waals surface area contributed by atoms with E-state index in [0.29, 0.717) is 29.6 Å². The largest absolute Gasteiger partial charge is 0.382 e. The van der Waals surface area contributed by atoms with Crippen LogP contribution >= 0.6 is 11.6 Å². The van der Waals surface area contributed by atoms with Crippen LogP contribution < -0.4 is 11.1 Å². The van der Waals surface area contributed by atoms with Crippen LogP contribution in [-0.4, -0.2) is 36.7 Å². The van der Waals surface area contributed by atoms with Crippen LogP contribution in [0, 0.1) is 0 Å². The van der Waals surface area contributed by atoms with Gasteiger partial charge in [-0.3, -0.25) is 4.90 Å². The molecule has 142 valence electrons. The minimum atomic E-state index is 0.427. The lowest BCUT2D eigenvalue weighted by Crippen LogP contribution is -2.20. The first-order valence-corrected chi connectivity index (χ1v) is 9.08. The molecule has 9 heteroatoms. The van der Waals surface area contributed by atoms with Gasteiger partial charge in [0.05, 0.1) is 6.54 Å². The van der Waals surface area contributed by atoms with E-state index in [4.69, 9.17) is 17.3 Å². The maximum atomic E-state index is 6.07. The molecule has 0 radical (unpaired) electrons. The summed E-state index contributed by atoms with van der Waals surface area (Å²) in [6, 6.07) is 15.0. The smallest absolute Gasteiger partial charge is 0.178 e. The molecule has 3 aromatic heterocycles. The number of pyridine rings is 1. The van der Waals surface area contributed by atoms with Crippen LogP contribution in [0.4, 0.5) is 17.3 Å². The first kappa shape index (κ1) is 18.1. The summed E-state index contributed by atoms with van der Waals surface area (Å²) in [5.74, 6) is 1.93. The van der Waals surface area contributed by atoms with Gasteiger partial charge < -0.3 is 11.1 Å². The lowest BCUT2D eigenvalue weighted by Gasteiger charge is -2.18. The van der Waals surface area contributed by atoms with Gasteiger partial charge in [-0.15, -0.1) is 15.3 Å². The number of hydrogen-bond acceptors (Lipinski definition) is 7. The summed E-state index contributed by atoms with van der Waals surface area (Å²) >= 11 is 6.07. The second-order valence-corrected chi connectivity index (χ2v) is 6.90. The molecular weight excluding hydrogens is 376 g/mol. The van der Waals surface area contributed by atoms with E-state index in [9.17, 15) is 0 Å². The molecule has 4 aromatic rings. The molecule has 0 fully saturated rings. The third-order valence-electron chi connectivity index (χ3n) is 4.18. The molecule has 0 atom stereocenters. The molecule has 8 nitrogen and oxygen atoms in total. The van der Waals surface area contributed by atoms with Crippen LogP contribution in [-0.2, 0) is 13.1 Å². The van der Waals surface area contributed by atoms with Crippen molar-refractivity contribution in [1.29, 1.82) is 0 Å². The minimum absolute atomic E-state index is 0.427. The molecule has 0 saturated heterocycles. The molecule has 0 amide bonds. The van der Waals surface area contributed by atoms with E-state index in [-0.39, 0.29) is 0 Å². The second-order valence-electron chi connectivity index (χ2n) is 6.46. The molecule has 0 saturated carbocycles. The van der Waals surface area contributed by atoms with Gasteiger partial charge in [-0.05, 0) is 43.4 Å². The van der Waals surface area contributed by atoms with Crippen molar-refractivity contribution in [2.24, 2.45) is 0 Å². The summed E-state index contributed by atoms with van der Waals surface area (Å²) in [6.45, 7) is 1.22. The molecule has 0 aliphatic heterocycles. The number of benzene rings is 1. The van der Waals surface area contributed by atoms with Crippen molar-refractivity contribution in [3.63, 3.8) is 0 Å². The first-order valence-electron chi connectivity index (χ1n) is 8.70. The van der Waals surface area contributed by atoms with Gasteiger partial charge in [-0.2, -0.15) is 4.52 Å². The van der Waals surface area contributed by atoms with Crippen LogP contribution in [0.25, 0.3) is 5.65 Å². The van der Waals surface area contributed by atoms with Crippen molar-refractivity contribution in [3.05, 3.63) is 71.1 Å². The fourth-order valence-corrected chi connectivity index (χ4v) is 3.11. The lowest BCUT2D eigenvalue weighted by atomic mass is 10.2. The van der Waals surface area contributed by atoms with E-state index in [1.165, 1.54) is 0 Å². The molecule has 3 N–H and O–H groups in total. The second kappa shape index (κ2) is 7.79. The van der Waals surface area contributed by atoms with Crippen LogP contribution in [0.1, 0.15) is 11.4 Å². The number of halogens is 1. The van der Waals surface area contributed by atoms with Crippen molar-refractivity contribution >= 4 is 34.6 Å². The quantitative estimate of drug-likeness (QED) is 0.518. The summed E-state index contributed by atoms with van der Waals surface area (Å²) in [7, 11) is 2.00. The van der Waals surface area contributed by atoms with Gasteiger partial charge in [0.25, 0.3) is 0 Å². The summed E-state index contributed by atoms with van der Waals surface area (Å²) in [4.78, 5) is 6.58. The molecule has 0 bridgehead atoms. The number of anilines is 3. The number of aromatic nitrogens is 5. The predicted octanol–water partition coefficient (Wildman–Crippen LogP) is 3.13. The zero-order valence-corrected chi connectivity index (χ0v) is 16.0. The fourth-order valence-electron chi connectivity index (χ4n) is 2.92. The Hall–Kier alpha value is -3.23. The summed E-state index contributed by atoms with van der Waals surface area (Å²) < 4.78 is 1.67. The molecule has 0 spiro atoms. The third-order valence-corrected chi connectivity index (χ3v) is 4.41. The Balaban J connectivity index is 1.51. The minimum Gasteiger partial charge on any atom is -0.382 e. The average molecular weight is 395 g/mol. The molecule has 0 aliphatic carbocycles. The molecular formula is C19H19ClN8. The third kappa shape index (κ3) is 4.03. The fraction of sp³-hybridized carbons (Fsp3) is 0.158. The van der Waals surface area contributed by atoms with Crippen molar-refractivity contribution in [1.82, 2.24) is 29.7 Å². The number of nitrogens with one attached hydrogen (secondary N) is 1. The van der Waals surface area contributed by atoms with Gasteiger partial charge in [0.1, 0.15) is 11.6 Å². The van der Waals surface area contributed by atoms with E-state index in [1.807, 2.05) is 43.4 Å². The highest BCUT2D eigenvalue weighted by Crippen LogP contribution is 2.22. The molecule has 0 aliphatic rings. The average Bonchev–Trinajstić information content (AvgIpc) is 3.05. The van der Waals surface area contributed by atoms with Crippen LogP contribution in [0.5, 0.6) is 0 Å². The predicted molar refractivity (Wildman–Crippen MR) is 109 cm³/mol. The Kier molecular flexibility index (Phi) is 5.05. The van der Waals surface area contributed by atoms with Gasteiger partial charge in [-0.25, -0.2) is 4.98 Å². The van der Waals surface area contributed by atoms with E-state index in [1.54, 1.807) is 22.8 Å². The van der Waals surface area contributed by atoms with Gasteiger partial charge in [0, 0.05) is 29.0 Å². The highest BCUT2D eigenvalue weighted by atomic mass is 35.5. The number of nitrogens with zero attached hydrogens (tertiary/aromatic N) is 6. The van der Waals surface area contributed by atoms with Crippen LogP contribution in [0.2, 0.25) is 5.02 Å². The van der Waals surface area contributed by atoms with E-state index in [0.717, 1.165) is 22.9 Å². The van der Waals surface area contributed by atoms with E-state index in [2.05, 4.69) is 30.5 Å². The Morgan fingerprint density at radius 1 is 1.11 bits per heavy atom. The molecule has 3 heterocycles. The normalized spacial score (nSPS) is 11.2. The first-order chi connectivity index (χ1) is 13.6. The maximum Gasteiger partial charge on any atom is 0.178 e. The molecule has 4 rings (SSSR count). The van der Waals surface area contributed by atoms with Crippen molar-refractivity contribution in [3.8, 4) is 0 Å². The SMILES string of the molecule is CN(Cc1cccnc1Nc1cccc(Cl)c1)Cc1nnc2ccc(N)nn12. The Morgan fingerprint density at radius 3 is 2.86 bits per heavy atom. The van der Waals surface area contributed by atoms with E-state index < -0.39 is 0 Å². The lowest BCUT2D eigenvalue weighted by molar-refractivity contribution is 0.308. The number of rotatable bonds is 6. The van der Waals surface area contributed by atoms with Gasteiger partial charge in [-0.1, -0.05) is 23.7 Å². The Morgan fingerprint density at radius 2 is 2.00 bits per heavy atom. The molecule has 0 unspecified atom stereocenters. The Labute approximate surface area is 167 Å². The monoisotopic (exact) mass is 394 g/mol. The highest BCUT2D eigenvalue weighted by Gasteiger charge is 2.12. The number of nitrogen functional groups attached to an aromatic ring is 1. The Bertz CT molecular complexity index is 1110. The number of fused-ring (bicyclic) bond motifs is 1. The zero-order chi connectivity index (χ0) is 19.5. The zero-order valence-electron chi connectivity index (χ0n) is 15.2. The van der Waals surface area contributed by atoms with Crippen molar-refractivity contribution in [2.45, 2.75) is 13.1 Å². The van der Waals surface area contributed by atoms with Gasteiger partial charge in [0.15, 0.2) is 11.5 Å². The van der Waals surface area contributed by atoms with Gasteiger partial charge >= 0.3 is 0 Å². The molecule has 28 heavy (non-hydrogen) atoms. The standard InChI is InChI=1S/C19H19ClN8/c1-27(12-18-25-24-17-8-7-16(21)26-28(17)18)11-13-4-3-9-22-19(13)23-15-6-2-5-14(20)10-15/h2-10H,11-12H2,1H3,(H2,21,26)(H,22,23). The topological polar surface area (TPSA) is 97.3 Å². The van der Waals surface area contributed by atoms with Gasteiger partial charge in [0.2, 0.25) is 0 Å². The van der Waals surface area contributed by atoms with E-state index >= 15 is 0 Å². The number of nitrogens with two attached hydrogens (primary N) is 1.